The highest BCUT2D eigenvalue weighted by atomic mass is 35.5. The van der Waals surface area contributed by atoms with E-state index in [0.29, 0.717) is 10.0 Å². The lowest BCUT2D eigenvalue weighted by Crippen LogP contribution is -2.17. The van der Waals surface area contributed by atoms with Gasteiger partial charge in [0.15, 0.2) is 0 Å². The zero-order valence-electron chi connectivity index (χ0n) is 9.21. The predicted molar refractivity (Wildman–Crippen MR) is 70.5 cm³/mol. The van der Waals surface area contributed by atoms with Crippen LogP contribution in [0.2, 0.25) is 10.0 Å². The Bertz CT molecular complexity index is 448. The molecule has 0 aliphatic heterocycles. The van der Waals surface area contributed by atoms with Gasteiger partial charge in [0, 0.05) is 41.9 Å². The summed E-state index contributed by atoms with van der Waals surface area (Å²) in [5.74, 6) is 0.988. The highest BCUT2D eigenvalue weighted by Crippen LogP contribution is 2.18. The number of aromatic nitrogens is 2. The molecule has 1 aromatic carbocycles. The van der Waals surface area contributed by atoms with Crippen LogP contribution in [0.5, 0.6) is 0 Å². The fraction of sp³-hybridized carbons (Fsp3) is 0.250. The summed E-state index contributed by atoms with van der Waals surface area (Å²) in [5, 5.41) is 4.65. The third kappa shape index (κ3) is 4.04. The molecule has 3 nitrogen and oxygen atoms in total. The normalized spacial score (nSPS) is 10.7. The minimum absolute atomic E-state index is 0.667. The first kappa shape index (κ1) is 12.4. The lowest BCUT2D eigenvalue weighted by Gasteiger charge is -2.05. The molecule has 0 saturated heterocycles. The molecule has 2 rings (SSSR count). The van der Waals surface area contributed by atoms with E-state index in [9.17, 15) is 0 Å². The van der Waals surface area contributed by atoms with Gasteiger partial charge in [0.05, 0.1) is 0 Å². The summed E-state index contributed by atoms with van der Waals surface area (Å²) in [7, 11) is 0. The van der Waals surface area contributed by atoms with E-state index in [2.05, 4.69) is 15.3 Å². The maximum absolute atomic E-state index is 5.92. The monoisotopic (exact) mass is 269 g/mol. The van der Waals surface area contributed by atoms with Crippen molar-refractivity contribution < 1.29 is 0 Å². The summed E-state index contributed by atoms with van der Waals surface area (Å²) in [6, 6.07) is 5.55. The Balaban J connectivity index is 1.78. The van der Waals surface area contributed by atoms with E-state index in [1.165, 1.54) is 0 Å². The molecule has 0 radical (unpaired) electrons. The minimum atomic E-state index is 0.667. The summed E-state index contributed by atoms with van der Waals surface area (Å²) in [6.07, 6.45) is 4.46. The van der Waals surface area contributed by atoms with E-state index < -0.39 is 0 Å². The molecule has 2 N–H and O–H groups in total. The van der Waals surface area contributed by atoms with Gasteiger partial charge in [-0.05, 0) is 23.8 Å². The number of hydrogen-bond donors (Lipinski definition) is 2. The zero-order chi connectivity index (χ0) is 12.1. The first-order valence-corrected chi connectivity index (χ1v) is 6.13. The summed E-state index contributed by atoms with van der Waals surface area (Å²) in [5.41, 5.74) is 1.09. The van der Waals surface area contributed by atoms with Crippen LogP contribution >= 0.6 is 23.2 Å². The number of imidazole rings is 1. The molecular formula is C12H13Cl2N3. The molecule has 5 heteroatoms. The number of rotatable bonds is 5. The molecule has 1 heterocycles. The molecule has 0 amide bonds. The first-order valence-electron chi connectivity index (χ1n) is 5.38. The Labute approximate surface area is 110 Å². The van der Waals surface area contributed by atoms with E-state index in [4.69, 9.17) is 23.2 Å². The van der Waals surface area contributed by atoms with Crippen molar-refractivity contribution >= 4 is 23.2 Å². The van der Waals surface area contributed by atoms with Gasteiger partial charge < -0.3 is 10.3 Å². The molecule has 0 spiro atoms. The molecule has 0 aliphatic rings. The maximum atomic E-state index is 5.92. The molecule has 17 heavy (non-hydrogen) atoms. The van der Waals surface area contributed by atoms with E-state index in [1.807, 2.05) is 18.3 Å². The largest absolute Gasteiger partial charge is 0.349 e. The molecule has 0 unspecified atom stereocenters. The molecule has 2 aromatic rings. The maximum Gasteiger partial charge on any atom is 0.107 e. The van der Waals surface area contributed by atoms with Crippen molar-refractivity contribution in [3.63, 3.8) is 0 Å². The number of benzene rings is 1. The van der Waals surface area contributed by atoms with Crippen molar-refractivity contribution in [3.8, 4) is 0 Å². The van der Waals surface area contributed by atoms with Crippen LogP contribution in [0.15, 0.2) is 30.6 Å². The molecular weight excluding hydrogens is 257 g/mol. The van der Waals surface area contributed by atoms with Gasteiger partial charge in [-0.15, -0.1) is 0 Å². The molecule has 0 bridgehead atoms. The van der Waals surface area contributed by atoms with E-state index in [1.54, 1.807) is 12.3 Å². The standard InChI is InChI=1S/C12H13Cl2N3/c13-10-5-9(6-11(14)7-10)8-15-2-1-12-16-3-4-17-12/h3-7,15H,1-2,8H2,(H,16,17). The second-order valence-corrected chi connectivity index (χ2v) is 4.61. The number of nitrogens with zero attached hydrogens (tertiary/aromatic N) is 1. The SMILES string of the molecule is Clc1cc(Cl)cc(CNCCc2ncc[nH]2)c1. The molecule has 0 atom stereocenters. The topological polar surface area (TPSA) is 40.7 Å². The van der Waals surface area contributed by atoms with Crippen LogP contribution in [-0.2, 0) is 13.0 Å². The predicted octanol–water partition coefficient (Wildman–Crippen LogP) is 3.05. The van der Waals surface area contributed by atoms with Crippen LogP contribution in [0.3, 0.4) is 0 Å². The van der Waals surface area contributed by atoms with Crippen LogP contribution < -0.4 is 5.32 Å². The third-order valence-electron chi connectivity index (χ3n) is 2.34. The number of H-pyrrole nitrogens is 1. The quantitative estimate of drug-likeness (QED) is 0.820. The number of hydrogen-bond acceptors (Lipinski definition) is 2. The Hall–Kier alpha value is -1.03. The number of halogens is 2. The average Bonchev–Trinajstić information content (AvgIpc) is 2.76. The second-order valence-electron chi connectivity index (χ2n) is 3.74. The highest BCUT2D eigenvalue weighted by molar-refractivity contribution is 6.34. The van der Waals surface area contributed by atoms with Crippen molar-refractivity contribution in [2.24, 2.45) is 0 Å². The van der Waals surface area contributed by atoms with Gasteiger partial charge in [0.25, 0.3) is 0 Å². The first-order chi connectivity index (χ1) is 8.24. The van der Waals surface area contributed by atoms with Gasteiger partial charge in [0.1, 0.15) is 5.82 Å². The smallest absolute Gasteiger partial charge is 0.107 e. The van der Waals surface area contributed by atoms with E-state index in [0.717, 1.165) is 30.9 Å². The van der Waals surface area contributed by atoms with E-state index >= 15 is 0 Å². The van der Waals surface area contributed by atoms with Crippen molar-refractivity contribution in [3.05, 3.63) is 52.0 Å². The lowest BCUT2D eigenvalue weighted by molar-refractivity contribution is 0.674. The summed E-state index contributed by atoms with van der Waals surface area (Å²) in [4.78, 5) is 7.21. The number of aromatic amines is 1. The average molecular weight is 270 g/mol. The van der Waals surface area contributed by atoms with Crippen LogP contribution in [0.25, 0.3) is 0 Å². The number of nitrogens with one attached hydrogen (secondary N) is 2. The molecule has 1 aromatic heterocycles. The van der Waals surface area contributed by atoms with Crippen LogP contribution in [0.1, 0.15) is 11.4 Å². The van der Waals surface area contributed by atoms with Gasteiger partial charge in [-0.2, -0.15) is 0 Å². The van der Waals surface area contributed by atoms with Crippen LogP contribution in [-0.4, -0.2) is 16.5 Å². The molecule has 0 saturated carbocycles. The summed E-state index contributed by atoms with van der Waals surface area (Å²) < 4.78 is 0. The van der Waals surface area contributed by atoms with Crippen molar-refractivity contribution in [1.82, 2.24) is 15.3 Å². The fourth-order valence-corrected chi connectivity index (χ4v) is 2.16. The van der Waals surface area contributed by atoms with Gasteiger partial charge >= 0.3 is 0 Å². The van der Waals surface area contributed by atoms with Crippen molar-refractivity contribution in [2.45, 2.75) is 13.0 Å². The molecule has 0 aliphatic carbocycles. The fourth-order valence-electron chi connectivity index (χ4n) is 1.59. The Kier molecular flexibility index (Phi) is 4.42. The Morgan fingerprint density at radius 2 is 1.94 bits per heavy atom. The lowest BCUT2D eigenvalue weighted by atomic mass is 10.2. The van der Waals surface area contributed by atoms with Gasteiger partial charge in [-0.1, -0.05) is 23.2 Å². The Morgan fingerprint density at radius 3 is 2.59 bits per heavy atom. The van der Waals surface area contributed by atoms with Gasteiger partial charge in [-0.3, -0.25) is 0 Å². The summed E-state index contributed by atoms with van der Waals surface area (Å²) >= 11 is 11.8. The van der Waals surface area contributed by atoms with E-state index in [-0.39, 0.29) is 0 Å². The van der Waals surface area contributed by atoms with Gasteiger partial charge in [0.2, 0.25) is 0 Å². The minimum Gasteiger partial charge on any atom is -0.349 e. The molecule has 0 fully saturated rings. The van der Waals surface area contributed by atoms with Crippen molar-refractivity contribution in [1.29, 1.82) is 0 Å². The highest BCUT2D eigenvalue weighted by Gasteiger charge is 1.99. The molecule has 90 valence electrons. The third-order valence-corrected chi connectivity index (χ3v) is 2.78. The zero-order valence-corrected chi connectivity index (χ0v) is 10.7. The van der Waals surface area contributed by atoms with Gasteiger partial charge in [-0.25, -0.2) is 4.98 Å². The van der Waals surface area contributed by atoms with Crippen molar-refractivity contribution in [2.75, 3.05) is 6.54 Å². The second kappa shape index (κ2) is 6.05. The van der Waals surface area contributed by atoms with Crippen LogP contribution in [0.4, 0.5) is 0 Å². The Morgan fingerprint density at radius 1 is 1.18 bits per heavy atom. The summed E-state index contributed by atoms with van der Waals surface area (Å²) in [6.45, 7) is 1.61. The van der Waals surface area contributed by atoms with Crippen LogP contribution in [0, 0.1) is 0 Å².